The lowest BCUT2D eigenvalue weighted by molar-refractivity contribution is 0.0996. The van der Waals surface area contributed by atoms with E-state index < -0.39 is 18.8 Å². The number of carbonyl (C=O) groups excluding carboxylic acids is 2. The van der Waals surface area contributed by atoms with Crippen LogP contribution >= 0.6 is 0 Å². The van der Waals surface area contributed by atoms with E-state index in [9.17, 15) is 14.0 Å². The monoisotopic (exact) mass is 468 g/mol. The molecule has 0 aliphatic carbocycles. The Morgan fingerprint density at radius 3 is 2.56 bits per heavy atom. The number of hydrogen-bond acceptors (Lipinski definition) is 7. The Morgan fingerprint density at radius 1 is 1.12 bits per heavy atom. The van der Waals surface area contributed by atoms with Crippen molar-refractivity contribution in [3.63, 3.8) is 0 Å². The normalized spacial score (nSPS) is 24.2. The molecule has 2 aromatic heterocycles. The van der Waals surface area contributed by atoms with E-state index in [0.717, 1.165) is 29.9 Å². The molecule has 2 amide bonds. The van der Waals surface area contributed by atoms with Crippen molar-refractivity contribution >= 4 is 29.5 Å². The number of nitrogens with zero attached hydrogens (tertiary/aromatic N) is 5. The Balaban J connectivity index is 1.50. The van der Waals surface area contributed by atoms with E-state index in [4.69, 9.17) is 9.72 Å². The maximum atomic E-state index is 13.6. The van der Waals surface area contributed by atoms with Crippen molar-refractivity contribution in [3.05, 3.63) is 41.1 Å². The van der Waals surface area contributed by atoms with Gasteiger partial charge < -0.3 is 15.0 Å². The van der Waals surface area contributed by atoms with E-state index in [2.05, 4.69) is 29.0 Å². The number of rotatable bonds is 6. The van der Waals surface area contributed by atoms with Gasteiger partial charge in [-0.25, -0.2) is 19.2 Å². The number of alkyl halides is 1. The number of nitrogens with one attached hydrogen (secondary N) is 1. The topological polar surface area (TPSA) is 90.9 Å². The van der Waals surface area contributed by atoms with Crippen molar-refractivity contribution in [2.24, 2.45) is 0 Å². The Kier molecular flexibility index (Phi) is 5.85. The summed E-state index contributed by atoms with van der Waals surface area (Å²) in [5.74, 6) is 1.33. The van der Waals surface area contributed by atoms with Gasteiger partial charge >= 0.3 is 6.09 Å². The quantitative estimate of drug-likeness (QED) is 0.697. The largest absolute Gasteiger partial charge is 0.447 e. The SMILES string of the molecule is CNCc1nc(N2[C@H](C)CC[C@H]2C)cc2c1CN(c1cccc(N3C(=O)OC[C@@H]3CF)n1)C2=O. The van der Waals surface area contributed by atoms with Crippen molar-refractivity contribution in [1.29, 1.82) is 0 Å². The van der Waals surface area contributed by atoms with Crippen molar-refractivity contribution < 1.29 is 18.7 Å². The number of cyclic esters (lactones) is 1. The summed E-state index contributed by atoms with van der Waals surface area (Å²) < 4.78 is 18.4. The lowest BCUT2D eigenvalue weighted by Gasteiger charge is -2.28. The third-order valence-corrected chi connectivity index (χ3v) is 6.93. The molecule has 9 nitrogen and oxygen atoms in total. The fraction of sp³-hybridized carbons (Fsp3) is 0.500. The highest BCUT2D eigenvalue weighted by atomic mass is 19.1. The maximum absolute atomic E-state index is 13.6. The molecule has 2 fully saturated rings. The van der Waals surface area contributed by atoms with E-state index in [1.165, 1.54) is 4.90 Å². The van der Waals surface area contributed by atoms with E-state index in [1.807, 2.05) is 13.1 Å². The zero-order chi connectivity index (χ0) is 24.0. The average Bonchev–Trinajstić information content (AvgIpc) is 3.49. The number of carbonyl (C=O) groups is 2. The fourth-order valence-electron chi connectivity index (χ4n) is 5.18. The second-order valence-corrected chi connectivity index (χ2v) is 9.17. The third-order valence-electron chi connectivity index (χ3n) is 6.93. The summed E-state index contributed by atoms with van der Waals surface area (Å²) in [5, 5.41) is 3.17. The molecule has 2 saturated heterocycles. The van der Waals surface area contributed by atoms with Crippen LogP contribution < -0.4 is 20.0 Å². The molecule has 0 radical (unpaired) electrons. The lowest BCUT2D eigenvalue weighted by atomic mass is 10.1. The van der Waals surface area contributed by atoms with Crippen LogP contribution in [0.2, 0.25) is 0 Å². The minimum Gasteiger partial charge on any atom is -0.447 e. The van der Waals surface area contributed by atoms with Crippen LogP contribution in [0.3, 0.4) is 0 Å². The average molecular weight is 469 g/mol. The molecular weight excluding hydrogens is 439 g/mol. The zero-order valence-corrected chi connectivity index (χ0v) is 19.6. The first kappa shape index (κ1) is 22.5. The molecule has 34 heavy (non-hydrogen) atoms. The van der Waals surface area contributed by atoms with Crippen LogP contribution in [0.5, 0.6) is 0 Å². The Hall–Kier alpha value is -3.27. The summed E-state index contributed by atoms with van der Waals surface area (Å²) in [6, 6.07) is 6.94. The summed E-state index contributed by atoms with van der Waals surface area (Å²) >= 11 is 0. The predicted molar refractivity (Wildman–Crippen MR) is 126 cm³/mol. The highest BCUT2D eigenvalue weighted by molar-refractivity contribution is 6.10. The molecular formula is C24H29FN6O3. The third kappa shape index (κ3) is 3.66. The highest BCUT2D eigenvalue weighted by Crippen LogP contribution is 2.36. The summed E-state index contributed by atoms with van der Waals surface area (Å²) in [7, 11) is 1.86. The minimum atomic E-state index is -0.735. The van der Waals surface area contributed by atoms with Crippen LogP contribution in [0.1, 0.15) is 48.3 Å². The number of pyridine rings is 2. The number of aromatic nitrogens is 2. The van der Waals surface area contributed by atoms with Gasteiger partial charge in [0.05, 0.1) is 17.8 Å². The Labute approximate surface area is 197 Å². The second-order valence-electron chi connectivity index (χ2n) is 9.17. The van der Waals surface area contributed by atoms with Crippen LogP contribution in [-0.2, 0) is 17.8 Å². The molecule has 3 atom stereocenters. The molecule has 5 heterocycles. The van der Waals surface area contributed by atoms with Gasteiger partial charge in [0.15, 0.2) is 0 Å². The van der Waals surface area contributed by atoms with Gasteiger partial charge in [0.2, 0.25) is 0 Å². The molecule has 0 saturated carbocycles. The summed E-state index contributed by atoms with van der Waals surface area (Å²) in [6.07, 6.45) is 1.55. The van der Waals surface area contributed by atoms with Gasteiger partial charge in [0.1, 0.15) is 36.8 Å². The van der Waals surface area contributed by atoms with Crippen molar-refractivity contribution in [2.75, 3.05) is 35.0 Å². The fourth-order valence-corrected chi connectivity index (χ4v) is 5.18. The highest BCUT2D eigenvalue weighted by Gasteiger charge is 2.38. The van der Waals surface area contributed by atoms with E-state index in [0.29, 0.717) is 36.6 Å². The molecule has 180 valence electrons. The number of anilines is 3. The second kappa shape index (κ2) is 8.83. The van der Waals surface area contributed by atoms with E-state index in [-0.39, 0.29) is 18.3 Å². The molecule has 0 aromatic carbocycles. The molecule has 5 rings (SSSR count). The first-order chi connectivity index (χ1) is 16.4. The van der Waals surface area contributed by atoms with Crippen molar-refractivity contribution in [2.45, 2.75) is 57.9 Å². The Morgan fingerprint density at radius 2 is 1.85 bits per heavy atom. The first-order valence-electron chi connectivity index (χ1n) is 11.7. The van der Waals surface area contributed by atoms with Gasteiger partial charge in [-0.05, 0) is 51.9 Å². The van der Waals surface area contributed by atoms with Crippen LogP contribution in [0.25, 0.3) is 0 Å². The number of hydrogen-bond donors (Lipinski definition) is 1. The van der Waals surface area contributed by atoms with Gasteiger partial charge in [-0.3, -0.25) is 14.6 Å². The van der Waals surface area contributed by atoms with Crippen LogP contribution in [-0.4, -0.2) is 60.4 Å². The van der Waals surface area contributed by atoms with Crippen LogP contribution in [0, 0.1) is 0 Å². The molecule has 3 aliphatic heterocycles. The Bertz CT molecular complexity index is 1120. The summed E-state index contributed by atoms with van der Waals surface area (Å²) in [6.45, 7) is 4.49. The van der Waals surface area contributed by atoms with Gasteiger partial charge in [0.25, 0.3) is 5.91 Å². The van der Waals surface area contributed by atoms with E-state index in [1.54, 1.807) is 23.1 Å². The van der Waals surface area contributed by atoms with Crippen molar-refractivity contribution in [1.82, 2.24) is 15.3 Å². The lowest BCUT2D eigenvalue weighted by Crippen LogP contribution is -2.36. The van der Waals surface area contributed by atoms with Gasteiger partial charge in [-0.2, -0.15) is 0 Å². The number of amides is 2. The minimum absolute atomic E-state index is 0.0233. The number of ether oxygens (including phenoxy) is 1. The predicted octanol–water partition coefficient (Wildman–Crippen LogP) is 3.03. The zero-order valence-electron chi connectivity index (χ0n) is 19.6. The molecule has 0 bridgehead atoms. The smallest absolute Gasteiger partial charge is 0.416 e. The number of halogens is 1. The van der Waals surface area contributed by atoms with Gasteiger partial charge in [-0.1, -0.05) is 6.07 Å². The molecule has 2 aromatic rings. The van der Waals surface area contributed by atoms with Crippen LogP contribution in [0.4, 0.5) is 26.6 Å². The van der Waals surface area contributed by atoms with Gasteiger partial charge in [-0.15, -0.1) is 0 Å². The van der Waals surface area contributed by atoms with E-state index >= 15 is 0 Å². The number of fused-ring (bicyclic) bond motifs is 1. The summed E-state index contributed by atoms with van der Waals surface area (Å²) in [5.41, 5.74) is 2.34. The first-order valence-corrected chi connectivity index (χ1v) is 11.7. The standard InChI is InChI=1S/C24H29FN6O3/c1-14-7-8-15(2)30(14)22-9-17-18(19(27-22)11-26-3)12-29(23(17)32)20-5-4-6-21(28-20)31-16(10-25)13-34-24(31)33/h4-6,9,14-16,26H,7-8,10-13H2,1-3H3/t14-,15-,16+/m1/s1. The molecule has 3 aliphatic rings. The molecule has 1 N–H and O–H groups in total. The maximum Gasteiger partial charge on any atom is 0.416 e. The molecule has 0 spiro atoms. The van der Waals surface area contributed by atoms with Gasteiger partial charge in [0, 0.05) is 24.2 Å². The summed E-state index contributed by atoms with van der Waals surface area (Å²) in [4.78, 5) is 40.3. The molecule has 10 heteroatoms. The van der Waals surface area contributed by atoms with Crippen LogP contribution in [0.15, 0.2) is 24.3 Å². The van der Waals surface area contributed by atoms with Crippen molar-refractivity contribution in [3.8, 4) is 0 Å². The molecule has 0 unspecified atom stereocenters.